The molecule has 11 nitrogen and oxygen atoms in total. The van der Waals surface area contributed by atoms with E-state index in [1.807, 2.05) is 45.8 Å². The minimum absolute atomic E-state index is 0.0530. The molecule has 2 amide bonds. The van der Waals surface area contributed by atoms with Gasteiger partial charge >= 0.3 is 6.03 Å². The average molecular weight is 522 g/mol. The van der Waals surface area contributed by atoms with E-state index in [1.54, 1.807) is 17.8 Å². The van der Waals surface area contributed by atoms with Gasteiger partial charge in [-0.3, -0.25) is 14.7 Å². The molecule has 38 heavy (non-hydrogen) atoms. The molecule has 0 aliphatic carbocycles. The lowest BCUT2D eigenvalue weighted by Gasteiger charge is -2.14. The van der Waals surface area contributed by atoms with E-state index in [0.717, 1.165) is 12.2 Å². The standard InChI is InChI=1S/C26H32FN9O2/c1-26(2,3)20-13-21(36(33-20)10-9-34(4)5)31-25(38)30-19-12-15(7-8-18(19)27)17-11-16-14-29-24(28)32-22(16)35(6)23(17)37/h7-8,11-14H,9-10H2,1-6H3,(H2,28,29,32)(H2,30,31,38). The number of nitrogens with one attached hydrogen (secondary N) is 2. The van der Waals surface area contributed by atoms with Gasteiger partial charge in [0, 0.05) is 42.2 Å². The summed E-state index contributed by atoms with van der Waals surface area (Å²) in [6.07, 6.45) is 1.52. The molecular formula is C26H32FN9O2. The van der Waals surface area contributed by atoms with Crippen LogP contribution in [0.5, 0.6) is 0 Å². The van der Waals surface area contributed by atoms with Crippen LogP contribution in [0.15, 0.2) is 41.3 Å². The Morgan fingerprint density at radius 1 is 1.16 bits per heavy atom. The summed E-state index contributed by atoms with van der Waals surface area (Å²) < 4.78 is 17.8. The molecule has 3 aromatic heterocycles. The van der Waals surface area contributed by atoms with Crippen LogP contribution in [0.25, 0.3) is 22.2 Å². The molecule has 4 rings (SSSR count). The van der Waals surface area contributed by atoms with E-state index in [1.165, 1.54) is 29.0 Å². The number of urea groups is 1. The number of amides is 2. The predicted octanol–water partition coefficient (Wildman–Crippen LogP) is 3.42. The number of aromatic nitrogens is 5. The first-order valence-electron chi connectivity index (χ1n) is 12.1. The van der Waals surface area contributed by atoms with Gasteiger partial charge in [-0.1, -0.05) is 26.8 Å². The number of anilines is 3. The highest BCUT2D eigenvalue weighted by atomic mass is 19.1. The summed E-state index contributed by atoms with van der Waals surface area (Å²) in [4.78, 5) is 36.1. The minimum Gasteiger partial charge on any atom is -0.368 e. The number of nitrogens with zero attached hydrogens (tertiary/aromatic N) is 6. The predicted molar refractivity (Wildman–Crippen MR) is 147 cm³/mol. The number of carbonyl (C=O) groups is 1. The fourth-order valence-corrected chi connectivity index (χ4v) is 3.87. The lowest BCUT2D eigenvalue weighted by molar-refractivity contribution is 0.261. The summed E-state index contributed by atoms with van der Waals surface area (Å²) >= 11 is 0. The Morgan fingerprint density at radius 3 is 2.58 bits per heavy atom. The van der Waals surface area contributed by atoms with Crippen LogP contribution >= 0.6 is 0 Å². The third kappa shape index (κ3) is 5.65. The van der Waals surface area contributed by atoms with Crippen LogP contribution in [0.3, 0.4) is 0 Å². The molecule has 0 radical (unpaired) electrons. The molecule has 0 spiro atoms. The van der Waals surface area contributed by atoms with Gasteiger partial charge in [0.2, 0.25) is 5.95 Å². The summed E-state index contributed by atoms with van der Waals surface area (Å²) in [5.41, 5.74) is 6.93. The van der Waals surface area contributed by atoms with Crippen molar-refractivity contribution >= 4 is 34.5 Å². The van der Waals surface area contributed by atoms with Crippen molar-refractivity contribution in [1.29, 1.82) is 0 Å². The first-order chi connectivity index (χ1) is 17.8. The topological polar surface area (TPSA) is 136 Å². The molecule has 1 aromatic carbocycles. The van der Waals surface area contributed by atoms with Crippen molar-refractivity contribution in [1.82, 2.24) is 29.2 Å². The Labute approximate surface area is 219 Å². The van der Waals surface area contributed by atoms with Gasteiger partial charge in [0.05, 0.1) is 17.9 Å². The highest BCUT2D eigenvalue weighted by Crippen LogP contribution is 2.27. The number of nitrogen functional groups attached to an aromatic ring is 1. The van der Waals surface area contributed by atoms with Gasteiger partial charge in [0.1, 0.15) is 17.3 Å². The minimum atomic E-state index is -0.644. The highest BCUT2D eigenvalue weighted by Gasteiger charge is 2.21. The summed E-state index contributed by atoms with van der Waals surface area (Å²) in [5.74, 6) is -0.0974. The fourth-order valence-electron chi connectivity index (χ4n) is 3.87. The van der Waals surface area contributed by atoms with E-state index in [2.05, 4.69) is 25.7 Å². The molecule has 4 aromatic rings. The van der Waals surface area contributed by atoms with Crippen molar-refractivity contribution in [3.05, 3.63) is 58.4 Å². The van der Waals surface area contributed by atoms with Crippen molar-refractivity contribution in [2.45, 2.75) is 32.7 Å². The number of carbonyl (C=O) groups excluding carboxylic acids is 1. The van der Waals surface area contributed by atoms with E-state index in [-0.39, 0.29) is 22.6 Å². The Kier molecular flexibility index (Phi) is 7.18. The molecule has 200 valence electrons. The molecule has 0 fully saturated rings. The van der Waals surface area contributed by atoms with Gasteiger partial charge in [-0.05, 0) is 37.9 Å². The zero-order valence-corrected chi connectivity index (χ0v) is 22.3. The van der Waals surface area contributed by atoms with Crippen LogP contribution in [-0.2, 0) is 19.0 Å². The second-order valence-electron chi connectivity index (χ2n) is 10.4. The van der Waals surface area contributed by atoms with Gasteiger partial charge < -0.3 is 16.0 Å². The molecule has 0 aliphatic heterocycles. The van der Waals surface area contributed by atoms with Crippen molar-refractivity contribution in [3.63, 3.8) is 0 Å². The number of pyridine rings is 1. The first kappa shape index (κ1) is 26.7. The lowest BCUT2D eigenvalue weighted by atomic mass is 9.92. The maximum Gasteiger partial charge on any atom is 0.324 e. The van der Waals surface area contributed by atoms with Crippen molar-refractivity contribution in [2.75, 3.05) is 37.0 Å². The Hall–Kier alpha value is -4.32. The maximum absolute atomic E-state index is 14.7. The van der Waals surface area contributed by atoms with Crippen LogP contribution in [0.4, 0.5) is 26.6 Å². The van der Waals surface area contributed by atoms with E-state index >= 15 is 0 Å². The quantitative estimate of drug-likeness (QED) is 0.354. The number of fused-ring (bicyclic) bond motifs is 1. The third-order valence-electron chi connectivity index (χ3n) is 6.04. The molecule has 0 atom stereocenters. The summed E-state index contributed by atoms with van der Waals surface area (Å²) in [6.45, 7) is 7.39. The number of rotatable bonds is 6. The van der Waals surface area contributed by atoms with Gasteiger partial charge in [-0.15, -0.1) is 0 Å². The van der Waals surface area contributed by atoms with Crippen LogP contribution in [0.2, 0.25) is 0 Å². The van der Waals surface area contributed by atoms with Crippen molar-refractivity contribution < 1.29 is 9.18 Å². The molecule has 0 aliphatic rings. The number of likely N-dealkylation sites (N-methyl/N-ethyl adjacent to an activating group) is 1. The second-order valence-corrected chi connectivity index (χ2v) is 10.4. The van der Waals surface area contributed by atoms with Crippen LogP contribution in [0.1, 0.15) is 26.5 Å². The molecule has 0 unspecified atom stereocenters. The van der Waals surface area contributed by atoms with Crippen molar-refractivity contribution in [3.8, 4) is 11.1 Å². The maximum atomic E-state index is 14.7. The Bertz CT molecular complexity index is 1570. The average Bonchev–Trinajstić information content (AvgIpc) is 3.25. The smallest absolute Gasteiger partial charge is 0.324 e. The summed E-state index contributed by atoms with van der Waals surface area (Å²) in [6, 6.07) is 6.89. The monoisotopic (exact) mass is 521 g/mol. The highest BCUT2D eigenvalue weighted by molar-refractivity contribution is 5.99. The van der Waals surface area contributed by atoms with Gasteiger partial charge in [-0.2, -0.15) is 10.1 Å². The zero-order chi connectivity index (χ0) is 27.8. The Balaban J connectivity index is 1.62. The van der Waals surface area contributed by atoms with Gasteiger partial charge in [0.25, 0.3) is 5.56 Å². The number of benzene rings is 1. The molecule has 3 heterocycles. The van der Waals surface area contributed by atoms with E-state index < -0.39 is 11.8 Å². The largest absolute Gasteiger partial charge is 0.368 e. The number of halogens is 1. The van der Waals surface area contributed by atoms with E-state index in [4.69, 9.17) is 5.73 Å². The van der Waals surface area contributed by atoms with Crippen LogP contribution in [0, 0.1) is 5.82 Å². The summed E-state index contributed by atoms with van der Waals surface area (Å²) in [5, 5.41) is 10.6. The lowest BCUT2D eigenvalue weighted by Crippen LogP contribution is -2.24. The van der Waals surface area contributed by atoms with Gasteiger partial charge in [0.15, 0.2) is 0 Å². The Morgan fingerprint density at radius 2 is 1.89 bits per heavy atom. The molecule has 0 saturated heterocycles. The number of nitrogens with two attached hydrogens (primary N) is 1. The fraction of sp³-hybridized carbons (Fsp3) is 0.346. The normalized spacial score (nSPS) is 11.8. The zero-order valence-electron chi connectivity index (χ0n) is 22.3. The molecule has 0 bridgehead atoms. The summed E-state index contributed by atoms with van der Waals surface area (Å²) in [7, 11) is 5.48. The number of aryl methyl sites for hydroxylation is 1. The van der Waals surface area contributed by atoms with Crippen LogP contribution in [-0.4, -0.2) is 55.9 Å². The number of hydrogen-bond donors (Lipinski definition) is 3. The first-order valence-corrected chi connectivity index (χ1v) is 12.1. The SMILES string of the molecule is CN(C)CCn1nc(C(C)(C)C)cc1NC(=O)Nc1cc(-c2cc3cnc(N)nc3n(C)c2=O)ccc1F. The van der Waals surface area contributed by atoms with Crippen molar-refractivity contribution in [2.24, 2.45) is 7.05 Å². The molecule has 4 N–H and O–H groups in total. The van der Waals surface area contributed by atoms with E-state index in [0.29, 0.717) is 34.5 Å². The second kappa shape index (κ2) is 10.2. The number of hydrogen-bond acceptors (Lipinski definition) is 7. The molecular weight excluding hydrogens is 489 g/mol. The molecule has 12 heteroatoms. The molecule has 0 saturated carbocycles. The third-order valence-corrected chi connectivity index (χ3v) is 6.04. The van der Waals surface area contributed by atoms with Crippen LogP contribution < -0.4 is 21.9 Å². The van der Waals surface area contributed by atoms with E-state index in [9.17, 15) is 14.0 Å². The van der Waals surface area contributed by atoms with Gasteiger partial charge in [-0.25, -0.2) is 18.9 Å².